The minimum Gasteiger partial charge on any atom is -0.612 e. The van der Waals surface area contributed by atoms with Gasteiger partial charge in [-0.05, 0) is 72.2 Å². The van der Waals surface area contributed by atoms with Crippen molar-refractivity contribution in [3.8, 4) is 23.0 Å². The van der Waals surface area contributed by atoms with Crippen LogP contribution in [0.4, 0.5) is 0 Å². The van der Waals surface area contributed by atoms with Crippen LogP contribution < -0.4 is 0 Å². The lowest BCUT2D eigenvalue weighted by Gasteiger charge is -2.09. The maximum Gasteiger partial charge on any atom is 0.183 e. The van der Waals surface area contributed by atoms with Crippen LogP contribution in [0.2, 0.25) is 0 Å². The largest absolute Gasteiger partial charge is 0.612 e. The molecular formula is C21H19N3O3S. The molecule has 0 fully saturated rings. The third kappa shape index (κ3) is 4.31. The van der Waals surface area contributed by atoms with Crippen LogP contribution in [0.1, 0.15) is 28.9 Å². The summed E-state index contributed by atoms with van der Waals surface area (Å²) in [6, 6.07) is 18.0. The van der Waals surface area contributed by atoms with Crippen LogP contribution in [0.15, 0.2) is 59.5 Å². The van der Waals surface area contributed by atoms with Crippen molar-refractivity contribution in [1.29, 1.82) is 5.26 Å². The zero-order valence-corrected chi connectivity index (χ0v) is 16.1. The fraction of sp³-hybridized carbons (Fsp3) is 0.190. The molecule has 142 valence electrons. The highest BCUT2D eigenvalue weighted by molar-refractivity contribution is 7.90. The topological polar surface area (TPSA) is 102 Å². The molecule has 0 saturated carbocycles. The first-order valence-corrected chi connectivity index (χ1v) is 10.3. The van der Waals surface area contributed by atoms with Gasteiger partial charge in [-0.15, -0.1) is 0 Å². The number of nitriles is 1. The van der Waals surface area contributed by atoms with E-state index < -0.39 is 11.2 Å². The number of carbonyl (C=O) groups is 1. The highest BCUT2D eigenvalue weighted by atomic mass is 32.2. The van der Waals surface area contributed by atoms with Gasteiger partial charge in [-0.25, -0.2) is 4.68 Å². The number of ketones is 1. The van der Waals surface area contributed by atoms with Gasteiger partial charge >= 0.3 is 0 Å². The summed E-state index contributed by atoms with van der Waals surface area (Å²) >= 11 is -1.08. The van der Waals surface area contributed by atoms with Gasteiger partial charge in [0.25, 0.3) is 0 Å². The van der Waals surface area contributed by atoms with Gasteiger partial charge in [0.1, 0.15) is 11.9 Å². The molecule has 1 unspecified atom stereocenters. The molecule has 3 aromatic rings. The molecule has 1 aromatic heterocycles. The van der Waals surface area contributed by atoms with Crippen molar-refractivity contribution in [3.05, 3.63) is 65.9 Å². The van der Waals surface area contributed by atoms with Gasteiger partial charge in [-0.2, -0.15) is 10.4 Å². The number of rotatable bonds is 7. The molecule has 1 atom stereocenters. The number of hydrogen-bond donors (Lipinski definition) is 1. The van der Waals surface area contributed by atoms with Gasteiger partial charge in [-0.3, -0.25) is 4.79 Å². The van der Waals surface area contributed by atoms with E-state index >= 15 is 0 Å². The lowest BCUT2D eigenvalue weighted by Crippen LogP contribution is -2.04. The predicted molar refractivity (Wildman–Crippen MR) is 107 cm³/mol. The summed E-state index contributed by atoms with van der Waals surface area (Å²) in [4.78, 5) is 13.1. The van der Waals surface area contributed by atoms with Crippen LogP contribution in [0.3, 0.4) is 0 Å². The van der Waals surface area contributed by atoms with Gasteiger partial charge in [0.2, 0.25) is 0 Å². The number of aliphatic hydroxyl groups excluding tert-OH is 1. The normalized spacial score (nSPS) is 11.8. The minimum absolute atomic E-state index is 0.0510. The third-order valence-corrected chi connectivity index (χ3v) is 5.22. The Morgan fingerprint density at radius 2 is 1.89 bits per heavy atom. The lowest BCUT2D eigenvalue weighted by molar-refractivity contribution is 0.0966. The molecule has 1 heterocycles. The summed E-state index contributed by atoms with van der Waals surface area (Å²) < 4.78 is 13.3. The van der Waals surface area contributed by atoms with Crippen LogP contribution in [-0.2, 0) is 11.2 Å². The molecule has 0 aliphatic rings. The highest BCUT2D eigenvalue weighted by Crippen LogP contribution is 2.26. The zero-order chi connectivity index (χ0) is 20.1. The summed E-state index contributed by atoms with van der Waals surface area (Å²) in [7, 11) is 0. The first-order valence-electron chi connectivity index (χ1n) is 8.72. The quantitative estimate of drug-likeness (QED) is 0.491. The summed E-state index contributed by atoms with van der Waals surface area (Å²) in [5, 5.41) is 22.4. The zero-order valence-electron chi connectivity index (χ0n) is 15.3. The minimum atomic E-state index is -1.08. The second-order valence-electron chi connectivity index (χ2n) is 6.21. The third-order valence-electron chi connectivity index (χ3n) is 4.28. The Morgan fingerprint density at radius 1 is 1.21 bits per heavy atom. The first-order chi connectivity index (χ1) is 13.5. The summed E-state index contributed by atoms with van der Waals surface area (Å²) in [5.74, 6) is -0.144. The number of benzene rings is 2. The Labute approximate surface area is 166 Å². The molecule has 0 bridgehead atoms. The average molecular weight is 393 g/mol. The number of aliphatic hydroxyl groups is 1. The SMILES string of the molecule is C[S+]([O-])c1ccc(-c2cc(C(=O)CCCO)nn2-c2ccc(C#N)cc2)cc1. The molecule has 28 heavy (non-hydrogen) atoms. The number of hydrogen-bond acceptors (Lipinski definition) is 5. The summed E-state index contributed by atoms with van der Waals surface area (Å²) in [6.45, 7) is -0.0510. The molecule has 0 aliphatic heterocycles. The standard InChI is InChI=1S/C21H19N3O3S/c1-28(27)18-10-6-16(7-11-18)20-13-19(21(26)3-2-12-25)23-24(20)17-8-4-15(14-22)5-9-17/h4-11,13,25H,2-3,12H2,1H3. The van der Waals surface area contributed by atoms with Crippen molar-refractivity contribution in [3.63, 3.8) is 0 Å². The summed E-state index contributed by atoms with van der Waals surface area (Å²) in [6.07, 6.45) is 2.22. The van der Waals surface area contributed by atoms with E-state index in [1.807, 2.05) is 12.1 Å². The highest BCUT2D eigenvalue weighted by Gasteiger charge is 2.17. The maximum atomic E-state index is 12.4. The van der Waals surface area contributed by atoms with Crippen molar-refractivity contribution in [2.45, 2.75) is 17.7 Å². The smallest absolute Gasteiger partial charge is 0.183 e. The van der Waals surface area contributed by atoms with E-state index in [1.54, 1.807) is 53.4 Å². The van der Waals surface area contributed by atoms with E-state index in [4.69, 9.17) is 10.4 Å². The Kier molecular flexibility index (Phi) is 6.26. The van der Waals surface area contributed by atoms with Crippen molar-refractivity contribution < 1.29 is 14.5 Å². The van der Waals surface area contributed by atoms with Gasteiger partial charge < -0.3 is 9.66 Å². The maximum absolute atomic E-state index is 12.4. The Morgan fingerprint density at radius 3 is 2.46 bits per heavy atom. The number of nitrogens with zero attached hydrogens (tertiary/aromatic N) is 3. The second kappa shape index (κ2) is 8.85. The van der Waals surface area contributed by atoms with E-state index in [1.165, 1.54) is 0 Å². The molecule has 6 nitrogen and oxygen atoms in total. The van der Waals surface area contributed by atoms with Gasteiger partial charge in [0.15, 0.2) is 10.7 Å². The molecule has 0 aliphatic carbocycles. The predicted octanol–water partition coefficient (Wildman–Crippen LogP) is 3.10. The summed E-state index contributed by atoms with van der Waals surface area (Å²) in [5.41, 5.74) is 3.11. The molecule has 1 N–H and O–H groups in total. The fourth-order valence-electron chi connectivity index (χ4n) is 2.78. The molecule has 0 saturated heterocycles. The molecule has 2 aromatic carbocycles. The molecule has 3 rings (SSSR count). The molecular weight excluding hydrogens is 374 g/mol. The van der Waals surface area contributed by atoms with E-state index in [2.05, 4.69) is 11.2 Å². The molecule has 0 spiro atoms. The molecule has 7 heteroatoms. The molecule has 0 radical (unpaired) electrons. The first kappa shape index (κ1) is 19.8. The lowest BCUT2D eigenvalue weighted by atomic mass is 10.1. The Hall–Kier alpha value is -2.92. The second-order valence-corrected chi connectivity index (χ2v) is 7.59. The van der Waals surface area contributed by atoms with Crippen LogP contribution in [-0.4, -0.2) is 38.1 Å². The Balaban J connectivity index is 2.06. The monoisotopic (exact) mass is 393 g/mol. The van der Waals surface area contributed by atoms with Crippen LogP contribution in [0.5, 0.6) is 0 Å². The van der Waals surface area contributed by atoms with E-state index in [9.17, 15) is 9.35 Å². The van der Waals surface area contributed by atoms with Crippen LogP contribution in [0.25, 0.3) is 16.9 Å². The number of Topliss-reactive ketones (excluding diaryl/α,β-unsaturated/α-hetero) is 1. The van der Waals surface area contributed by atoms with Crippen molar-refractivity contribution in [2.75, 3.05) is 12.9 Å². The van der Waals surface area contributed by atoms with E-state index in [-0.39, 0.29) is 18.8 Å². The van der Waals surface area contributed by atoms with Gasteiger partial charge in [0, 0.05) is 18.6 Å². The van der Waals surface area contributed by atoms with Gasteiger partial charge in [-0.1, -0.05) is 0 Å². The van der Waals surface area contributed by atoms with Crippen molar-refractivity contribution >= 4 is 17.0 Å². The van der Waals surface area contributed by atoms with Crippen LogP contribution in [0, 0.1) is 11.3 Å². The van der Waals surface area contributed by atoms with Crippen molar-refractivity contribution in [1.82, 2.24) is 9.78 Å². The number of aromatic nitrogens is 2. The van der Waals surface area contributed by atoms with Crippen molar-refractivity contribution in [2.24, 2.45) is 0 Å². The van der Waals surface area contributed by atoms with E-state index in [0.717, 1.165) is 11.3 Å². The van der Waals surface area contributed by atoms with E-state index in [0.29, 0.717) is 28.3 Å². The van der Waals surface area contributed by atoms with Crippen LogP contribution >= 0.6 is 0 Å². The fourth-order valence-corrected chi connectivity index (χ4v) is 3.30. The Bertz CT molecular complexity index is 1000. The molecule has 0 amide bonds. The average Bonchev–Trinajstić information content (AvgIpc) is 3.17. The number of carbonyl (C=O) groups excluding carboxylic acids is 1. The van der Waals surface area contributed by atoms with Gasteiger partial charge in [0.05, 0.1) is 23.0 Å².